The molecule has 0 saturated carbocycles. The zero-order valence-corrected chi connectivity index (χ0v) is 4.57. The van der Waals surface area contributed by atoms with Crippen molar-refractivity contribution in [3.63, 3.8) is 0 Å². The van der Waals surface area contributed by atoms with Crippen LogP contribution in [-0.4, -0.2) is 45.7 Å². The van der Waals surface area contributed by atoms with E-state index in [0.29, 0.717) is 0 Å². The van der Waals surface area contributed by atoms with E-state index < -0.39 is 0 Å². The summed E-state index contributed by atoms with van der Waals surface area (Å²) in [4.78, 5) is 0. The first-order chi connectivity index (χ1) is 3.00. The Morgan fingerprint density at radius 3 is 1.17 bits per heavy atom. The van der Waals surface area contributed by atoms with Crippen LogP contribution in [-0.2, 0) is 0 Å². The molecule has 28 valence electrons. The molecule has 0 N–H and O–H groups in total. The summed E-state index contributed by atoms with van der Waals surface area (Å²) in [5.41, 5.74) is 0. The van der Waals surface area contributed by atoms with Crippen molar-refractivity contribution < 1.29 is 2.85 Å². The third kappa shape index (κ3) is 332. The van der Waals surface area contributed by atoms with Crippen molar-refractivity contribution in [2.24, 2.45) is 0 Å². The first-order valence-corrected chi connectivity index (χ1v) is 1.83. The standard InChI is InChI=1S/B2H4.B2H2.B2.2H2/c3*1-2;;/h1-2H2;1-2H;;2*1H. The Morgan fingerprint density at radius 1 is 1.17 bits per heavy atom. The Labute approximate surface area is 49.5 Å². The first-order valence-electron chi connectivity index (χ1n) is 1.83. The molecule has 6 heteroatoms. The molecule has 0 aromatic rings. The molecule has 0 aliphatic carbocycles. The average Bonchev–Trinajstić information content (AvgIpc) is 1.81. The number of hydrogen-bond donors (Lipinski definition) is 0. The SMILES string of the molecule is BB.[BH][BH].[B]=[B].[HH].[HH]. The largest absolute Gasteiger partial charge is 0 e. The quantitative estimate of drug-likeness (QED) is 0.263. The van der Waals surface area contributed by atoms with Gasteiger partial charge >= 0.3 is 14.7 Å². The summed E-state index contributed by atoms with van der Waals surface area (Å²) in [7, 11) is 18.0. The van der Waals surface area contributed by atoms with Crippen LogP contribution in [0.2, 0.25) is 0 Å². The van der Waals surface area contributed by atoms with Crippen LogP contribution in [0.25, 0.3) is 0 Å². The Kier molecular flexibility index (Phi) is 1840. The Balaban J connectivity index is -0.00000000500. The van der Waals surface area contributed by atoms with Crippen LogP contribution >= 0.6 is 0 Å². The minimum absolute atomic E-state index is 0. The molecule has 0 aromatic carbocycles. The molecular weight excluding hydrogens is 64.9 g/mol. The summed E-state index contributed by atoms with van der Waals surface area (Å²) in [5.74, 6) is 0. The summed E-state index contributed by atoms with van der Waals surface area (Å²) < 4.78 is 0. The summed E-state index contributed by atoms with van der Waals surface area (Å²) >= 11 is 0. The molecule has 0 nitrogen and oxygen atoms in total. The molecule has 0 aliphatic heterocycles. The molecule has 0 saturated heterocycles. The van der Waals surface area contributed by atoms with E-state index >= 15 is 0 Å². The molecular formula is H10B6. The topological polar surface area (TPSA) is 0 Å². The molecule has 0 aliphatic rings. The van der Waals surface area contributed by atoms with Crippen molar-refractivity contribution in [1.29, 1.82) is 0 Å². The summed E-state index contributed by atoms with van der Waals surface area (Å²) in [6, 6.07) is 0. The second-order valence-electron chi connectivity index (χ2n) is 0. The molecule has 0 bridgehead atoms. The van der Waals surface area contributed by atoms with Gasteiger partial charge in [0.05, 0.1) is 15.5 Å². The fourth-order valence-electron chi connectivity index (χ4n) is 0. The normalized spacial score (nSPS) is 1.67. The van der Waals surface area contributed by atoms with E-state index in [4.69, 9.17) is 0 Å². The molecule has 0 amide bonds. The second kappa shape index (κ2) is 684. The molecule has 0 rings (SSSR count). The third-order valence-electron chi connectivity index (χ3n) is 0. The van der Waals surface area contributed by atoms with Crippen LogP contribution in [0.3, 0.4) is 0 Å². The smallest absolute Gasteiger partial charge is 0 e. The van der Waals surface area contributed by atoms with E-state index in [2.05, 4.69) is 30.2 Å². The van der Waals surface area contributed by atoms with Gasteiger partial charge in [0.25, 0.3) is 0 Å². The van der Waals surface area contributed by atoms with Crippen LogP contribution in [0.1, 0.15) is 2.85 Å². The Hall–Kier alpha value is 0.390. The van der Waals surface area contributed by atoms with E-state index in [0.717, 1.165) is 0 Å². The minimum Gasteiger partial charge on any atom is 0 e. The monoisotopic (exact) mass is 76.1 g/mol. The zero-order chi connectivity index (χ0) is 6.00. The number of hydrogen-bond acceptors (Lipinski definition) is 0. The van der Waals surface area contributed by atoms with Crippen molar-refractivity contribution in [2.45, 2.75) is 0 Å². The van der Waals surface area contributed by atoms with Gasteiger partial charge in [0, 0.05) is 18.3 Å². The fourth-order valence-corrected chi connectivity index (χ4v) is 0. The Bertz CT molecular complexity index is 6.49. The van der Waals surface area contributed by atoms with Crippen molar-refractivity contribution in [2.75, 3.05) is 0 Å². The molecule has 0 unspecified atom stereocenters. The molecule has 4 radical (unpaired) electrons. The van der Waals surface area contributed by atoms with Crippen molar-refractivity contribution in [1.82, 2.24) is 0 Å². The van der Waals surface area contributed by atoms with E-state index in [1.165, 1.54) is 0 Å². The van der Waals surface area contributed by atoms with Crippen LogP contribution in [0, 0.1) is 0 Å². The van der Waals surface area contributed by atoms with Gasteiger partial charge in [-0.25, -0.2) is 0 Å². The zero-order valence-electron chi connectivity index (χ0n) is 4.57. The van der Waals surface area contributed by atoms with E-state index in [1.54, 1.807) is 0 Å². The van der Waals surface area contributed by atoms with Gasteiger partial charge in [0.1, 0.15) is 0 Å². The van der Waals surface area contributed by atoms with Gasteiger partial charge in [-0.2, -0.15) is 0 Å². The van der Waals surface area contributed by atoms with E-state index in [-0.39, 0.29) is 2.85 Å². The van der Waals surface area contributed by atoms with Gasteiger partial charge in [0.15, 0.2) is 0 Å². The van der Waals surface area contributed by atoms with Gasteiger partial charge < -0.3 is 0 Å². The van der Waals surface area contributed by atoms with Gasteiger partial charge in [-0.15, -0.1) is 0 Å². The maximum atomic E-state index is 4.00. The summed E-state index contributed by atoms with van der Waals surface area (Å²) in [6.45, 7) is 0. The molecule has 0 atom stereocenters. The van der Waals surface area contributed by atoms with Crippen molar-refractivity contribution >= 4 is 45.7 Å². The fraction of sp³-hybridized carbons (Fsp3) is 0. The molecule has 6 heavy (non-hydrogen) atoms. The maximum Gasteiger partial charge on any atom is 0 e. The van der Waals surface area contributed by atoms with Crippen LogP contribution in [0.15, 0.2) is 0 Å². The Morgan fingerprint density at radius 2 is 1.17 bits per heavy atom. The van der Waals surface area contributed by atoms with Gasteiger partial charge in [-0.3, -0.25) is 0 Å². The summed E-state index contributed by atoms with van der Waals surface area (Å²) in [5, 5.41) is 0. The van der Waals surface area contributed by atoms with E-state index in [9.17, 15) is 0 Å². The average molecular weight is 75.0 g/mol. The molecule has 0 aromatic heterocycles. The van der Waals surface area contributed by atoms with Gasteiger partial charge in [0.2, 0.25) is 0 Å². The predicted octanol–water partition coefficient (Wildman–Crippen LogP) is -3.40. The van der Waals surface area contributed by atoms with Crippen molar-refractivity contribution in [3.8, 4) is 0 Å². The second-order valence-corrected chi connectivity index (χ2v) is 0. The molecule has 0 heterocycles. The van der Waals surface area contributed by atoms with Crippen LogP contribution < -0.4 is 0 Å². The molecule has 0 fully saturated rings. The minimum atomic E-state index is 0. The molecule has 0 spiro atoms. The van der Waals surface area contributed by atoms with Gasteiger partial charge in [-0.1, -0.05) is 0 Å². The first kappa shape index (κ1) is 16.2. The van der Waals surface area contributed by atoms with Crippen molar-refractivity contribution in [3.05, 3.63) is 0 Å². The van der Waals surface area contributed by atoms with E-state index in [1.807, 2.05) is 15.5 Å². The van der Waals surface area contributed by atoms with Crippen LogP contribution in [0.4, 0.5) is 0 Å². The summed E-state index contributed by atoms with van der Waals surface area (Å²) in [6.07, 6.45) is 0. The third-order valence-corrected chi connectivity index (χ3v) is 0. The number of rotatable bonds is 0. The van der Waals surface area contributed by atoms with Gasteiger partial charge in [-0.05, 0) is 0 Å². The predicted molar refractivity (Wildman–Crippen MR) is 47.1 cm³/mol. The maximum absolute atomic E-state index is 4.00. The van der Waals surface area contributed by atoms with Crippen LogP contribution in [0.5, 0.6) is 0 Å².